The van der Waals surface area contributed by atoms with Gasteiger partial charge < -0.3 is 16.0 Å². The standard InChI is InChI=1S/C28H27F2N5O3S/c1-15(32-24(36)12-16-10-18(29)13-19(30)11-16)26(37)33-20-8-6-17(7-9-20)22-14-35-23-5-3-4-21(27(38)31-2)25(23)39-28(35)34-22/h6-11,13-15,21H,3-5,12H2,1-2H3,(H,31,38)(H,32,36)(H,33,37)/t15-,21?/m0/s1. The molecular formula is C28H27F2N5O3S. The Hall–Kier alpha value is -4.12. The average Bonchev–Trinajstić information content (AvgIpc) is 3.46. The molecule has 2 aromatic heterocycles. The van der Waals surface area contributed by atoms with Crippen molar-refractivity contribution in [2.45, 2.75) is 44.6 Å². The summed E-state index contributed by atoms with van der Waals surface area (Å²) >= 11 is 1.55. The number of hydrogen-bond acceptors (Lipinski definition) is 5. The zero-order chi connectivity index (χ0) is 27.7. The van der Waals surface area contributed by atoms with Crippen molar-refractivity contribution < 1.29 is 23.2 Å². The van der Waals surface area contributed by atoms with Crippen LogP contribution in [0.4, 0.5) is 14.5 Å². The van der Waals surface area contributed by atoms with Gasteiger partial charge in [-0.25, -0.2) is 13.8 Å². The number of halogens is 2. The van der Waals surface area contributed by atoms with Gasteiger partial charge in [0.15, 0.2) is 4.96 Å². The first-order valence-corrected chi connectivity index (χ1v) is 13.4. The number of nitrogens with one attached hydrogen (secondary N) is 3. The molecule has 3 amide bonds. The van der Waals surface area contributed by atoms with Crippen molar-refractivity contribution in [3.63, 3.8) is 0 Å². The molecule has 3 N–H and O–H groups in total. The maximum atomic E-state index is 13.4. The van der Waals surface area contributed by atoms with Gasteiger partial charge in [-0.3, -0.25) is 18.8 Å². The van der Waals surface area contributed by atoms with Crippen LogP contribution in [0.2, 0.25) is 0 Å². The van der Waals surface area contributed by atoms with Gasteiger partial charge in [-0.15, -0.1) is 11.3 Å². The van der Waals surface area contributed by atoms with Gasteiger partial charge in [0, 0.05) is 41.1 Å². The molecule has 1 aliphatic rings. The summed E-state index contributed by atoms with van der Waals surface area (Å²) in [4.78, 5) is 43.8. The lowest BCUT2D eigenvalue weighted by Crippen LogP contribution is -2.42. The molecule has 0 saturated carbocycles. The second kappa shape index (κ2) is 10.9. The summed E-state index contributed by atoms with van der Waals surface area (Å²) in [6, 6.07) is 9.23. The van der Waals surface area contributed by atoms with Crippen molar-refractivity contribution in [3.05, 3.63) is 76.4 Å². The Balaban J connectivity index is 1.22. The van der Waals surface area contributed by atoms with Gasteiger partial charge >= 0.3 is 0 Å². The number of fused-ring (bicyclic) bond motifs is 3. The molecule has 2 aromatic carbocycles. The molecular weight excluding hydrogens is 524 g/mol. The van der Waals surface area contributed by atoms with Crippen molar-refractivity contribution >= 4 is 39.7 Å². The van der Waals surface area contributed by atoms with E-state index in [-0.39, 0.29) is 23.8 Å². The molecule has 39 heavy (non-hydrogen) atoms. The summed E-state index contributed by atoms with van der Waals surface area (Å²) in [5.41, 5.74) is 3.53. The molecule has 0 saturated heterocycles. The van der Waals surface area contributed by atoms with E-state index in [1.165, 1.54) is 6.92 Å². The number of carbonyl (C=O) groups is 3. The van der Waals surface area contributed by atoms with E-state index in [9.17, 15) is 23.2 Å². The van der Waals surface area contributed by atoms with Gasteiger partial charge in [0.2, 0.25) is 17.7 Å². The van der Waals surface area contributed by atoms with Gasteiger partial charge in [0.05, 0.1) is 18.0 Å². The quantitative estimate of drug-likeness (QED) is 0.320. The van der Waals surface area contributed by atoms with Crippen molar-refractivity contribution in [3.8, 4) is 11.3 Å². The predicted octanol–water partition coefficient (Wildman–Crippen LogP) is 4.19. The van der Waals surface area contributed by atoms with E-state index < -0.39 is 29.5 Å². The number of thiazole rings is 1. The van der Waals surface area contributed by atoms with Crippen LogP contribution in [-0.2, 0) is 27.2 Å². The summed E-state index contributed by atoms with van der Waals surface area (Å²) in [5, 5.41) is 8.06. The van der Waals surface area contributed by atoms with Crippen LogP contribution in [-0.4, -0.2) is 40.2 Å². The first kappa shape index (κ1) is 26.5. The number of hydrogen-bond donors (Lipinski definition) is 3. The van der Waals surface area contributed by atoms with Gasteiger partial charge in [-0.05, 0) is 56.0 Å². The normalized spacial score (nSPS) is 15.4. The minimum Gasteiger partial charge on any atom is -0.359 e. The first-order chi connectivity index (χ1) is 18.7. The van der Waals surface area contributed by atoms with Crippen molar-refractivity contribution in [2.24, 2.45) is 0 Å². The van der Waals surface area contributed by atoms with Crippen LogP contribution in [0.1, 0.15) is 41.8 Å². The number of nitrogens with zero attached hydrogens (tertiary/aromatic N) is 2. The third-order valence-corrected chi connectivity index (χ3v) is 7.95. The van der Waals surface area contributed by atoms with E-state index in [2.05, 4.69) is 20.4 Å². The van der Waals surface area contributed by atoms with Crippen molar-refractivity contribution in [1.82, 2.24) is 20.0 Å². The van der Waals surface area contributed by atoms with E-state index in [1.54, 1.807) is 30.5 Å². The Labute approximate surface area is 227 Å². The monoisotopic (exact) mass is 551 g/mol. The maximum Gasteiger partial charge on any atom is 0.246 e. The molecule has 2 atom stereocenters. The topological polar surface area (TPSA) is 105 Å². The van der Waals surface area contributed by atoms with E-state index in [0.29, 0.717) is 5.69 Å². The molecule has 2 heterocycles. The summed E-state index contributed by atoms with van der Waals surface area (Å²) < 4.78 is 28.8. The summed E-state index contributed by atoms with van der Waals surface area (Å²) in [7, 11) is 1.66. The molecule has 11 heteroatoms. The molecule has 0 fully saturated rings. The van der Waals surface area contributed by atoms with Crippen molar-refractivity contribution in [1.29, 1.82) is 0 Å². The van der Waals surface area contributed by atoms with Crippen LogP contribution < -0.4 is 16.0 Å². The largest absolute Gasteiger partial charge is 0.359 e. The molecule has 5 rings (SSSR count). The number of imidazole rings is 1. The lowest BCUT2D eigenvalue weighted by Gasteiger charge is -2.20. The molecule has 1 aliphatic carbocycles. The number of benzene rings is 2. The van der Waals surface area contributed by atoms with E-state index >= 15 is 0 Å². The minimum atomic E-state index is -0.861. The molecule has 8 nitrogen and oxygen atoms in total. The van der Waals surface area contributed by atoms with Crippen LogP contribution in [0.5, 0.6) is 0 Å². The predicted molar refractivity (Wildman–Crippen MR) is 145 cm³/mol. The van der Waals surface area contributed by atoms with E-state index in [1.807, 2.05) is 18.3 Å². The number of carbonyl (C=O) groups excluding carboxylic acids is 3. The molecule has 4 aromatic rings. The Morgan fingerprint density at radius 1 is 1.13 bits per heavy atom. The first-order valence-electron chi connectivity index (χ1n) is 12.6. The number of aromatic nitrogens is 2. The van der Waals surface area contributed by atoms with Crippen LogP contribution in [0.25, 0.3) is 16.2 Å². The van der Waals surface area contributed by atoms with Gasteiger partial charge in [0.1, 0.15) is 17.7 Å². The fourth-order valence-corrected chi connectivity index (χ4v) is 6.11. The Bertz CT molecular complexity index is 1540. The summed E-state index contributed by atoms with van der Waals surface area (Å²) in [5.74, 6) is -2.58. The molecule has 0 aliphatic heterocycles. The summed E-state index contributed by atoms with van der Waals surface area (Å²) in [6.07, 6.45) is 4.41. The van der Waals surface area contributed by atoms with Gasteiger partial charge in [-0.1, -0.05) is 12.1 Å². The fourth-order valence-electron chi connectivity index (χ4n) is 4.82. The van der Waals surface area contributed by atoms with E-state index in [4.69, 9.17) is 4.98 Å². The van der Waals surface area contributed by atoms with Gasteiger partial charge in [0.25, 0.3) is 0 Å². The highest BCUT2D eigenvalue weighted by atomic mass is 32.1. The van der Waals surface area contributed by atoms with Crippen LogP contribution >= 0.6 is 11.3 Å². The summed E-state index contributed by atoms with van der Waals surface area (Å²) in [6.45, 7) is 1.53. The van der Waals surface area contributed by atoms with Crippen LogP contribution in [0.15, 0.2) is 48.7 Å². The third-order valence-electron chi connectivity index (χ3n) is 6.74. The SMILES string of the molecule is CNC(=O)C1CCCc2c1sc1nc(-c3ccc(NC(=O)[C@H](C)NC(=O)Cc4cc(F)cc(F)c4)cc3)cn21. The zero-order valence-corrected chi connectivity index (χ0v) is 22.2. The highest BCUT2D eigenvalue weighted by Crippen LogP contribution is 2.39. The number of anilines is 1. The Morgan fingerprint density at radius 2 is 1.85 bits per heavy atom. The zero-order valence-electron chi connectivity index (χ0n) is 21.4. The Morgan fingerprint density at radius 3 is 2.54 bits per heavy atom. The highest BCUT2D eigenvalue weighted by Gasteiger charge is 2.30. The highest BCUT2D eigenvalue weighted by molar-refractivity contribution is 7.17. The maximum absolute atomic E-state index is 13.4. The molecule has 0 spiro atoms. The molecule has 0 bridgehead atoms. The second-order valence-electron chi connectivity index (χ2n) is 9.56. The van der Waals surface area contributed by atoms with Crippen LogP contribution in [0.3, 0.4) is 0 Å². The number of likely N-dealkylation sites (N-methyl/N-ethyl adjacent to an activating group) is 1. The number of rotatable bonds is 7. The molecule has 1 unspecified atom stereocenters. The number of aryl methyl sites for hydroxylation is 1. The average molecular weight is 552 g/mol. The lowest BCUT2D eigenvalue weighted by molar-refractivity contribution is -0.125. The van der Waals surface area contributed by atoms with Crippen molar-refractivity contribution in [2.75, 3.05) is 12.4 Å². The van der Waals surface area contributed by atoms with Crippen LogP contribution in [0, 0.1) is 11.6 Å². The van der Waals surface area contributed by atoms with Gasteiger partial charge in [-0.2, -0.15) is 0 Å². The molecule has 202 valence electrons. The third kappa shape index (κ3) is 5.68. The number of amides is 3. The Kier molecular flexibility index (Phi) is 7.42. The minimum absolute atomic E-state index is 0.0363. The second-order valence-corrected chi connectivity index (χ2v) is 10.6. The molecule has 0 radical (unpaired) electrons. The lowest BCUT2D eigenvalue weighted by atomic mass is 9.91. The smallest absolute Gasteiger partial charge is 0.246 e. The van der Waals surface area contributed by atoms with E-state index in [0.717, 1.165) is 64.3 Å². The fraction of sp³-hybridized carbons (Fsp3) is 0.286.